The van der Waals surface area contributed by atoms with Crippen LogP contribution in [-0.2, 0) is 22.1 Å². The Morgan fingerprint density at radius 1 is 0.881 bits per heavy atom. The van der Waals surface area contributed by atoms with Crippen molar-refractivity contribution in [3.8, 4) is 0 Å². The minimum absolute atomic E-state index is 0.0277. The summed E-state index contributed by atoms with van der Waals surface area (Å²) in [6.07, 6.45) is -3.20. The first kappa shape index (κ1) is 32.2. The Morgan fingerprint density at radius 2 is 1.48 bits per heavy atom. The SMILES string of the molecule is Cc1c(Cc2ccnc(N(C(=O)OC(C)(C)C)C(=O)OC(C)(C)C)c2F)cncc1Nc1ccc(C(F)(F)F)cc1F. The first-order valence-electron chi connectivity index (χ1n) is 12.7. The maximum Gasteiger partial charge on any atom is 0.425 e. The van der Waals surface area contributed by atoms with E-state index in [1.165, 1.54) is 24.7 Å². The van der Waals surface area contributed by atoms with Gasteiger partial charge in [-0.05, 0) is 89.4 Å². The second kappa shape index (κ2) is 11.9. The molecule has 0 fully saturated rings. The van der Waals surface area contributed by atoms with Crippen LogP contribution < -0.4 is 10.2 Å². The van der Waals surface area contributed by atoms with Gasteiger partial charge in [-0.25, -0.2) is 23.4 Å². The Morgan fingerprint density at radius 3 is 2.00 bits per heavy atom. The quantitative estimate of drug-likeness (QED) is 0.299. The molecule has 1 aromatic carbocycles. The lowest BCUT2D eigenvalue weighted by Gasteiger charge is -2.28. The summed E-state index contributed by atoms with van der Waals surface area (Å²) in [5.74, 6) is -2.76. The number of carbonyl (C=O) groups is 2. The number of rotatable bonds is 5. The second-order valence-corrected chi connectivity index (χ2v) is 11.4. The van der Waals surface area contributed by atoms with Crippen molar-refractivity contribution in [2.24, 2.45) is 0 Å². The van der Waals surface area contributed by atoms with Crippen molar-refractivity contribution < 1.29 is 41.0 Å². The van der Waals surface area contributed by atoms with Crippen LogP contribution in [0.2, 0.25) is 0 Å². The number of imide groups is 1. The first-order valence-corrected chi connectivity index (χ1v) is 12.7. The molecule has 0 saturated heterocycles. The van der Waals surface area contributed by atoms with Gasteiger partial charge in [-0.3, -0.25) is 4.98 Å². The van der Waals surface area contributed by atoms with E-state index in [4.69, 9.17) is 9.47 Å². The van der Waals surface area contributed by atoms with Gasteiger partial charge in [0, 0.05) is 18.8 Å². The molecular formula is C29H31F5N4O4. The molecule has 0 spiro atoms. The number of carbonyl (C=O) groups excluding carboxylic acids is 2. The van der Waals surface area contributed by atoms with Gasteiger partial charge in [-0.1, -0.05) is 0 Å². The topological polar surface area (TPSA) is 93.7 Å². The van der Waals surface area contributed by atoms with Gasteiger partial charge < -0.3 is 14.8 Å². The molecule has 42 heavy (non-hydrogen) atoms. The molecule has 3 aromatic rings. The number of halogens is 5. The predicted octanol–water partition coefficient (Wildman–Crippen LogP) is 8.09. The summed E-state index contributed by atoms with van der Waals surface area (Å²) in [4.78, 5) is 34.3. The van der Waals surface area contributed by atoms with Crippen LogP contribution in [0.25, 0.3) is 0 Å². The zero-order valence-electron chi connectivity index (χ0n) is 24.1. The average molecular weight is 595 g/mol. The van der Waals surface area contributed by atoms with Crippen molar-refractivity contribution in [2.45, 2.75) is 72.3 Å². The Hall–Kier alpha value is -4.29. The maximum atomic E-state index is 15.9. The number of hydrogen-bond donors (Lipinski definition) is 1. The van der Waals surface area contributed by atoms with Crippen molar-refractivity contribution >= 4 is 29.4 Å². The Kier molecular flexibility index (Phi) is 9.13. The monoisotopic (exact) mass is 594 g/mol. The molecule has 0 radical (unpaired) electrons. The summed E-state index contributed by atoms with van der Waals surface area (Å²) < 4.78 is 79.6. The molecular weight excluding hydrogens is 563 g/mol. The third kappa shape index (κ3) is 8.14. The number of anilines is 3. The van der Waals surface area contributed by atoms with Crippen LogP contribution >= 0.6 is 0 Å². The van der Waals surface area contributed by atoms with Crippen molar-refractivity contribution in [1.29, 1.82) is 0 Å². The molecule has 0 bridgehead atoms. The molecule has 0 aliphatic heterocycles. The zero-order valence-corrected chi connectivity index (χ0v) is 24.1. The van der Waals surface area contributed by atoms with E-state index in [0.29, 0.717) is 22.1 Å². The van der Waals surface area contributed by atoms with E-state index in [1.54, 1.807) is 48.5 Å². The fourth-order valence-electron chi connectivity index (χ4n) is 3.64. The number of alkyl halides is 3. The van der Waals surface area contributed by atoms with Crippen LogP contribution in [0.4, 0.5) is 48.7 Å². The second-order valence-electron chi connectivity index (χ2n) is 11.4. The molecule has 2 heterocycles. The van der Waals surface area contributed by atoms with E-state index < -0.39 is 52.6 Å². The molecule has 0 unspecified atom stereocenters. The van der Waals surface area contributed by atoms with Gasteiger partial charge in [0.1, 0.15) is 17.0 Å². The van der Waals surface area contributed by atoms with Crippen LogP contribution in [0.15, 0.2) is 42.9 Å². The molecule has 2 amide bonds. The highest BCUT2D eigenvalue weighted by Gasteiger charge is 2.36. The number of nitrogens with zero attached hydrogens (tertiary/aromatic N) is 3. The van der Waals surface area contributed by atoms with Crippen LogP contribution in [0, 0.1) is 18.6 Å². The number of ether oxygens (including phenoxy) is 2. The van der Waals surface area contributed by atoms with Crippen LogP contribution in [0.5, 0.6) is 0 Å². The molecule has 3 rings (SSSR count). The highest BCUT2D eigenvalue weighted by atomic mass is 19.4. The summed E-state index contributed by atoms with van der Waals surface area (Å²) in [5.41, 5.74) is -2.13. The standard InChI is InChI=1S/C29H31F5N4O4/c1-16-18(14-35-15-22(16)37-21-9-8-19(13-20(21)30)29(32,33)34)12-17-10-11-36-24(23(17)31)38(25(39)41-27(2,3)4)26(40)42-28(5,6)7/h8-11,13-15,37H,12H2,1-7H3. The molecule has 0 atom stereocenters. The minimum Gasteiger partial charge on any atom is -0.443 e. The lowest BCUT2D eigenvalue weighted by molar-refractivity contribution is -0.137. The fraction of sp³-hybridized carbons (Fsp3) is 0.379. The van der Waals surface area contributed by atoms with E-state index >= 15 is 4.39 Å². The predicted molar refractivity (Wildman–Crippen MR) is 146 cm³/mol. The smallest absolute Gasteiger partial charge is 0.425 e. The summed E-state index contributed by atoms with van der Waals surface area (Å²) >= 11 is 0. The van der Waals surface area contributed by atoms with Gasteiger partial charge in [0.2, 0.25) is 0 Å². The molecule has 2 aromatic heterocycles. The Bertz CT molecular complexity index is 1450. The summed E-state index contributed by atoms with van der Waals surface area (Å²) in [6, 6.07) is 3.42. The number of hydrogen-bond acceptors (Lipinski definition) is 7. The summed E-state index contributed by atoms with van der Waals surface area (Å²) in [7, 11) is 0. The highest BCUT2D eigenvalue weighted by molar-refractivity contribution is 6.08. The molecule has 0 aliphatic rings. The normalized spacial score (nSPS) is 12.1. The lowest BCUT2D eigenvalue weighted by Crippen LogP contribution is -2.44. The molecule has 1 N–H and O–H groups in total. The highest BCUT2D eigenvalue weighted by Crippen LogP contribution is 2.33. The lowest BCUT2D eigenvalue weighted by atomic mass is 10.0. The van der Waals surface area contributed by atoms with Crippen molar-refractivity contribution in [1.82, 2.24) is 9.97 Å². The van der Waals surface area contributed by atoms with Crippen LogP contribution in [-0.4, -0.2) is 33.4 Å². The van der Waals surface area contributed by atoms with Crippen molar-refractivity contribution in [3.05, 3.63) is 76.7 Å². The van der Waals surface area contributed by atoms with Gasteiger partial charge in [0.05, 0.1) is 23.1 Å². The number of benzene rings is 1. The average Bonchev–Trinajstić information content (AvgIpc) is 2.82. The third-order valence-electron chi connectivity index (χ3n) is 5.58. The molecule has 226 valence electrons. The van der Waals surface area contributed by atoms with Crippen LogP contribution in [0.3, 0.4) is 0 Å². The van der Waals surface area contributed by atoms with E-state index in [1.807, 2.05) is 0 Å². The molecule has 13 heteroatoms. The van der Waals surface area contributed by atoms with Gasteiger partial charge in [-0.2, -0.15) is 18.1 Å². The Balaban J connectivity index is 1.96. The number of aromatic nitrogens is 2. The number of pyridine rings is 2. The maximum absolute atomic E-state index is 15.9. The van der Waals surface area contributed by atoms with E-state index in [9.17, 15) is 27.2 Å². The van der Waals surface area contributed by atoms with Crippen molar-refractivity contribution in [2.75, 3.05) is 10.2 Å². The van der Waals surface area contributed by atoms with Gasteiger partial charge >= 0.3 is 18.4 Å². The van der Waals surface area contributed by atoms with Gasteiger partial charge in [0.15, 0.2) is 11.6 Å². The van der Waals surface area contributed by atoms with Crippen molar-refractivity contribution in [3.63, 3.8) is 0 Å². The van der Waals surface area contributed by atoms with E-state index in [2.05, 4.69) is 15.3 Å². The minimum atomic E-state index is -4.70. The number of amides is 2. The van der Waals surface area contributed by atoms with E-state index in [-0.39, 0.29) is 23.4 Å². The largest absolute Gasteiger partial charge is 0.443 e. The fourth-order valence-corrected chi connectivity index (χ4v) is 3.64. The molecule has 0 aliphatic carbocycles. The molecule has 0 saturated carbocycles. The van der Waals surface area contributed by atoms with Gasteiger partial charge in [-0.15, -0.1) is 0 Å². The summed E-state index contributed by atoms with van der Waals surface area (Å²) in [5, 5.41) is 2.72. The first-order chi connectivity index (χ1) is 19.3. The third-order valence-corrected chi connectivity index (χ3v) is 5.58. The Labute approximate surface area is 239 Å². The molecule has 8 nitrogen and oxygen atoms in total. The number of nitrogens with one attached hydrogen (secondary N) is 1. The van der Waals surface area contributed by atoms with Gasteiger partial charge in [0.25, 0.3) is 0 Å². The summed E-state index contributed by atoms with van der Waals surface area (Å²) in [6.45, 7) is 11.1. The van der Waals surface area contributed by atoms with E-state index in [0.717, 1.165) is 12.1 Å². The zero-order chi connectivity index (χ0) is 31.6. The van der Waals surface area contributed by atoms with Crippen LogP contribution in [0.1, 0.15) is 63.8 Å².